The zero-order valence-electron chi connectivity index (χ0n) is 13.7. The van der Waals surface area contributed by atoms with Gasteiger partial charge in [0.25, 0.3) is 0 Å². The minimum atomic E-state index is 0.798. The van der Waals surface area contributed by atoms with Gasteiger partial charge in [0.15, 0.2) is 5.13 Å². The molecule has 1 aliphatic rings. The molecule has 2 aromatic carbocycles. The summed E-state index contributed by atoms with van der Waals surface area (Å²) in [5, 5.41) is 1.92. The second-order valence-corrected chi connectivity index (χ2v) is 7.68. The predicted octanol–water partition coefficient (Wildman–Crippen LogP) is 4.58. The first-order valence-corrected chi connectivity index (χ1v) is 9.47. The van der Waals surface area contributed by atoms with Gasteiger partial charge in [-0.1, -0.05) is 53.3 Å². The van der Waals surface area contributed by atoms with E-state index < -0.39 is 0 Å². The number of hydrogen-bond acceptors (Lipinski definition) is 4. The van der Waals surface area contributed by atoms with Crippen LogP contribution in [-0.2, 0) is 6.54 Å². The first kappa shape index (κ1) is 15.9. The summed E-state index contributed by atoms with van der Waals surface area (Å²) in [6.45, 7) is 7.28. The van der Waals surface area contributed by atoms with E-state index in [2.05, 4.69) is 46.2 Å². The lowest BCUT2D eigenvalue weighted by Gasteiger charge is -2.34. The fourth-order valence-corrected chi connectivity index (χ4v) is 4.39. The Hall–Kier alpha value is -1.62. The van der Waals surface area contributed by atoms with E-state index in [0.717, 1.165) is 54.0 Å². The fourth-order valence-electron chi connectivity index (χ4n) is 3.16. The average Bonchev–Trinajstić information content (AvgIpc) is 3.05. The molecular weight excluding hydrogens is 338 g/mol. The van der Waals surface area contributed by atoms with Gasteiger partial charge in [-0.2, -0.15) is 0 Å². The molecule has 5 heteroatoms. The third-order valence-electron chi connectivity index (χ3n) is 4.63. The van der Waals surface area contributed by atoms with Gasteiger partial charge in [-0.15, -0.1) is 0 Å². The Labute approximate surface area is 151 Å². The quantitative estimate of drug-likeness (QED) is 0.684. The summed E-state index contributed by atoms with van der Waals surface area (Å²) in [4.78, 5) is 9.76. The number of piperazine rings is 1. The summed E-state index contributed by atoms with van der Waals surface area (Å²) in [5.74, 6) is 0. The average molecular weight is 358 g/mol. The third-order valence-corrected chi connectivity index (χ3v) is 6.12. The molecule has 0 unspecified atom stereocenters. The second kappa shape index (κ2) is 6.71. The summed E-state index contributed by atoms with van der Waals surface area (Å²) in [7, 11) is 0. The zero-order chi connectivity index (χ0) is 16.5. The largest absolute Gasteiger partial charge is 0.345 e. The van der Waals surface area contributed by atoms with Crippen LogP contribution in [0.3, 0.4) is 0 Å². The van der Waals surface area contributed by atoms with Crippen LogP contribution in [0.2, 0.25) is 5.02 Å². The fraction of sp³-hybridized carbons (Fsp3) is 0.316. The molecule has 0 spiro atoms. The number of fused-ring (bicyclic) bond motifs is 1. The number of aryl methyl sites for hydroxylation is 1. The Morgan fingerprint density at radius 3 is 2.54 bits per heavy atom. The molecule has 2 heterocycles. The first-order chi connectivity index (χ1) is 11.7. The first-order valence-electron chi connectivity index (χ1n) is 8.27. The van der Waals surface area contributed by atoms with Crippen molar-refractivity contribution in [3.05, 3.63) is 58.6 Å². The van der Waals surface area contributed by atoms with Crippen molar-refractivity contribution in [2.24, 2.45) is 0 Å². The predicted molar refractivity (Wildman–Crippen MR) is 103 cm³/mol. The monoisotopic (exact) mass is 357 g/mol. The van der Waals surface area contributed by atoms with Crippen molar-refractivity contribution in [2.45, 2.75) is 13.5 Å². The van der Waals surface area contributed by atoms with Gasteiger partial charge in [-0.3, -0.25) is 4.90 Å². The van der Waals surface area contributed by atoms with Crippen molar-refractivity contribution in [3.8, 4) is 0 Å². The molecule has 1 saturated heterocycles. The van der Waals surface area contributed by atoms with Gasteiger partial charge >= 0.3 is 0 Å². The van der Waals surface area contributed by atoms with Crippen LogP contribution in [0.5, 0.6) is 0 Å². The highest BCUT2D eigenvalue weighted by molar-refractivity contribution is 7.22. The maximum absolute atomic E-state index is 6.22. The second-order valence-electron chi connectivity index (χ2n) is 6.26. The summed E-state index contributed by atoms with van der Waals surface area (Å²) < 4.78 is 1.22. The number of benzene rings is 2. The molecule has 0 aliphatic carbocycles. The van der Waals surface area contributed by atoms with Gasteiger partial charge in [-0.05, 0) is 30.2 Å². The zero-order valence-corrected chi connectivity index (χ0v) is 15.3. The smallest absolute Gasteiger partial charge is 0.186 e. The van der Waals surface area contributed by atoms with Gasteiger partial charge in [-0.25, -0.2) is 4.98 Å². The SMILES string of the molecule is Cc1c(Cl)ccc2sc(N3CCN(Cc4ccccc4)CC3)nc12. The van der Waals surface area contributed by atoms with Crippen LogP contribution in [0, 0.1) is 6.92 Å². The van der Waals surface area contributed by atoms with Crippen LogP contribution in [0.4, 0.5) is 5.13 Å². The van der Waals surface area contributed by atoms with Crippen molar-refractivity contribution in [1.29, 1.82) is 0 Å². The maximum atomic E-state index is 6.22. The molecule has 124 valence electrons. The van der Waals surface area contributed by atoms with E-state index in [0.29, 0.717) is 0 Å². The maximum Gasteiger partial charge on any atom is 0.186 e. The lowest BCUT2D eigenvalue weighted by molar-refractivity contribution is 0.250. The minimum Gasteiger partial charge on any atom is -0.345 e. The highest BCUT2D eigenvalue weighted by Crippen LogP contribution is 2.33. The minimum absolute atomic E-state index is 0.798. The lowest BCUT2D eigenvalue weighted by Crippen LogP contribution is -2.45. The van der Waals surface area contributed by atoms with Gasteiger partial charge in [0.1, 0.15) is 0 Å². The van der Waals surface area contributed by atoms with Crippen LogP contribution >= 0.6 is 22.9 Å². The number of nitrogens with zero attached hydrogens (tertiary/aromatic N) is 3. The van der Waals surface area contributed by atoms with E-state index in [1.54, 1.807) is 11.3 Å². The highest BCUT2D eigenvalue weighted by atomic mass is 35.5. The van der Waals surface area contributed by atoms with E-state index in [4.69, 9.17) is 16.6 Å². The van der Waals surface area contributed by atoms with E-state index >= 15 is 0 Å². The van der Waals surface area contributed by atoms with Crippen LogP contribution in [0.15, 0.2) is 42.5 Å². The molecule has 0 bridgehead atoms. The molecule has 4 rings (SSSR count). The molecule has 0 radical (unpaired) electrons. The molecule has 0 saturated carbocycles. The number of anilines is 1. The Morgan fingerprint density at radius 1 is 1.04 bits per heavy atom. The Bertz CT molecular complexity index is 838. The number of aromatic nitrogens is 1. The number of halogens is 1. The van der Waals surface area contributed by atoms with Crippen LogP contribution in [-0.4, -0.2) is 36.1 Å². The highest BCUT2D eigenvalue weighted by Gasteiger charge is 2.20. The number of thiazole rings is 1. The summed E-state index contributed by atoms with van der Waals surface area (Å²) in [6.07, 6.45) is 0. The summed E-state index contributed by atoms with van der Waals surface area (Å²) in [5.41, 5.74) is 3.52. The van der Waals surface area contributed by atoms with E-state index in [1.807, 2.05) is 13.0 Å². The van der Waals surface area contributed by atoms with E-state index in [1.165, 1.54) is 10.3 Å². The number of hydrogen-bond donors (Lipinski definition) is 0. The van der Waals surface area contributed by atoms with E-state index in [9.17, 15) is 0 Å². The topological polar surface area (TPSA) is 19.4 Å². The molecule has 3 aromatic rings. The Morgan fingerprint density at radius 2 is 1.79 bits per heavy atom. The molecule has 0 amide bonds. The Balaban J connectivity index is 1.45. The lowest BCUT2D eigenvalue weighted by atomic mass is 10.2. The van der Waals surface area contributed by atoms with Gasteiger partial charge < -0.3 is 4.90 Å². The van der Waals surface area contributed by atoms with Crippen molar-refractivity contribution in [1.82, 2.24) is 9.88 Å². The summed E-state index contributed by atoms with van der Waals surface area (Å²) >= 11 is 7.99. The van der Waals surface area contributed by atoms with E-state index in [-0.39, 0.29) is 0 Å². The van der Waals surface area contributed by atoms with Gasteiger partial charge in [0.2, 0.25) is 0 Å². The van der Waals surface area contributed by atoms with Crippen LogP contribution < -0.4 is 4.90 Å². The van der Waals surface area contributed by atoms with Gasteiger partial charge in [0, 0.05) is 37.7 Å². The van der Waals surface area contributed by atoms with Crippen LogP contribution in [0.25, 0.3) is 10.2 Å². The number of rotatable bonds is 3. The summed E-state index contributed by atoms with van der Waals surface area (Å²) in [6, 6.07) is 14.7. The molecule has 24 heavy (non-hydrogen) atoms. The van der Waals surface area contributed by atoms with Crippen molar-refractivity contribution in [3.63, 3.8) is 0 Å². The Kier molecular flexibility index (Phi) is 4.44. The van der Waals surface area contributed by atoms with Crippen molar-refractivity contribution >= 4 is 38.3 Å². The molecule has 1 aromatic heterocycles. The third kappa shape index (κ3) is 3.14. The molecular formula is C19H20ClN3S. The molecule has 1 fully saturated rings. The molecule has 1 aliphatic heterocycles. The van der Waals surface area contributed by atoms with Gasteiger partial charge in [0.05, 0.1) is 10.2 Å². The molecule has 0 N–H and O–H groups in total. The van der Waals surface area contributed by atoms with Crippen molar-refractivity contribution < 1.29 is 0 Å². The molecule has 0 atom stereocenters. The van der Waals surface area contributed by atoms with Crippen LogP contribution in [0.1, 0.15) is 11.1 Å². The molecule has 3 nitrogen and oxygen atoms in total. The standard InChI is InChI=1S/C19H20ClN3S/c1-14-16(20)7-8-17-18(14)21-19(24-17)23-11-9-22(10-12-23)13-15-5-3-2-4-6-15/h2-8H,9-13H2,1H3. The van der Waals surface area contributed by atoms with Crippen molar-refractivity contribution in [2.75, 3.05) is 31.1 Å². The normalized spacial score (nSPS) is 16.0.